The standard InChI is InChI=1S/C11H22N2O2/c1-8(9(2)14)12-7-6-10(15)13(12)11(3,4)5/h8-9,14H,6-7H2,1-5H3. The molecule has 1 aliphatic heterocycles. The van der Waals surface area contributed by atoms with Crippen molar-refractivity contribution in [3.63, 3.8) is 0 Å². The van der Waals surface area contributed by atoms with Crippen LogP contribution in [0.4, 0.5) is 0 Å². The third-order valence-electron chi connectivity index (χ3n) is 2.85. The molecule has 0 bridgehead atoms. The van der Waals surface area contributed by atoms with Crippen molar-refractivity contribution in [1.82, 2.24) is 10.0 Å². The number of nitrogens with zero attached hydrogens (tertiary/aromatic N) is 2. The molecule has 1 saturated heterocycles. The van der Waals surface area contributed by atoms with Crippen LogP contribution < -0.4 is 0 Å². The van der Waals surface area contributed by atoms with Crippen molar-refractivity contribution in [3.05, 3.63) is 0 Å². The van der Waals surface area contributed by atoms with Crippen LogP contribution in [0.3, 0.4) is 0 Å². The van der Waals surface area contributed by atoms with Gasteiger partial charge in [0.05, 0.1) is 17.7 Å². The third kappa shape index (κ3) is 2.49. The highest BCUT2D eigenvalue weighted by atomic mass is 16.3. The Bertz CT molecular complexity index is 245. The van der Waals surface area contributed by atoms with Crippen molar-refractivity contribution in [2.24, 2.45) is 0 Å². The lowest BCUT2D eigenvalue weighted by molar-refractivity contribution is -0.156. The molecule has 1 rings (SSSR count). The van der Waals surface area contributed by atoms with Gasteiger partial charge in [0, 0.05) is 13.0 Å². The first kappa shape index (κ1) is 12.5. The summed E-state index contributed by atoms with van der Waals surface area (Å²) in [6.45, 7) is 10.5. The smallest absolute Gasteiger partial charge is 0.238 e. The lowest BCUT2D eigenvalue weighted by atomic mass is 10.1. The van der Waals surface area contributed by atoms with Crippen LogP contribution in [-0.4, -0.2) is 45.3 Å². The minimum absolute atomic E-state index is 0.0179. The fraction of sp³-hybridized carbons (Fsp3) is 0.909. The minimum atomic E-state index is -0.430. The highest BCUT2D eigenvalue weighted by Crippen LogP contribution is 2.26. The fourth-order valence-corrected chi connectivity index (χ4v) is 1.95. The molecule has 15 heavy (non-hydrogen) atoms. The predicted octanol–water partition coefficient (Wildman–Crippen LogP) is 1.00. The number of hydrogen-bond acceptors (Lipinski definition) is 3. The second kappa shape index (κ2) is 4.10. The van der Waals surface area contributed by atoms with Crippen LogP contribution in [0.25, 0.3) is 0 Å². The zero-order valence-electron chi connectivity index (χ0n) is 10.3. The minimum Gasteiger partial charge on any atom is -0.392 e. The SMILES string of the molecule is CC(O)C(C)N1CCC(=O)N1C(C)(C)C. The zero-order chi connectivity index (χ0) is 11.8. The molecule has 0 aromatic rings. The molecule has 1 amide bonds. The van der Waals surface area contributed by atoms with Gasteiger partial charge >= 0.3 is 0 Å². The van der Waals surface area contributed by atoms with Gasteiger partial charge in [-0.25, -0.2) is 5.01 Å². The Labute approximate surface area is 91.8 Å². The largest absolute Gasteiger partial charge is 0.392 e. The Hall–Kier alpha value is -0.610. The maximum absolute atomic E-state index is 11.8. The molecular weight excluding hydrogens is 192 g/mol. The first-order valence-corrected chi connectivity index (χ1v) is 5.53. The Balaban J connectivity index is 2.86. The highest BCUT2D eigenvalue weighted by molar-refractivity contribution is 5.78. The summed E-state index contributed by atoms with van der Waals surface area (Å²) in [6, 6.07) is -0.0179. The molecule has 0 radical (unpaired) electrons. The first-order chi connectivity index (χ1) is 6.75. The number of aliphatic hydroxyl groups is 1. The number of rotatable bonds is 2. The van der Waals surface area contributed by atoms with Gasteiger partial charge in [-0.15, -0.1) is 0 Å². The molecule has 0 spiro atoms. The van der Waals surface area contributed by atoms with Crippen LogP contribution in [-0.2, 0) is 4.79 Å². The van der Waals surface area contributed by atoms with E-state index in [4.69, 9.17) is 0 Å². The van der Waals surface area contributed by atoms with Crippen LogP contribution in [0, 0.1) is 0 Å². The zero-order valence-corrected chi connectivity index (χ0v) is 10.3. The molecule has 1 heterocycles. The van der Waals surface area contributed by atoms with Crippen LogP contribution in [0.15, 0.2) is 0 Å². The predicted molar refractivity (Wildman–Crippen MR) is 59.1 cm³/mol. The Kier molecular flexibility index (Phi) is 3.41. The van der Waals surface area contributed by atoms with Gasteiger partial charge in [-0.3, -0.25) is 9.80 Å². The monoisotopic (exact) mass is 214 g/mol. The van der Waals surface area contributed by atoms with Crippen molar-refractivity contribution in [2.75, 3.05) is 6.54 Å². The average Bonchev–Trinajstić information content (AvgIpc) is 2.44. The summed E-state index contributed by atoms with van der Waals surface area (Å²) in [5, 5.41) is 13.3. The molecule has 1 aliphatic rings. The van der Waals surface area contributed by atoms with E-state index in [2.05, 4.69) is 0 Å². The number of hydrazine groups is 1. The Morgan fingerprint density at radius 2 is 1.87 bits per heavy atom. The van der Waals surface area contributed by atoms with E-state index in [0.717, 1.165) is 0 Å². The number of carbonyl (C=O) groups is 1. The van der Waals surface area contributed by atoms with Crippen molar-refractivity contribution in [2.45, 2.75) is 58.7 Å². The van der Waals surface area contributed by atoms with E-state index < -0.39 is 6.10 Å². The summed E-state index contributed by atoms with van der Waals surface area (Å²) in [5.74, 6) is 0.148. The second-order valence-corrected chi connectivity index (χ2v) is 5.27. The Morgan fingerprint density at radius 1 is 1.33 bits per heavy atom. The van der Waals surface area contributed by atoms with Gasteiger partial charge in [0.15, 0.2) is 0 Å². The van der Waals surface area contributed by atoms with E-state index in [-0.39, 0.29) is 17.5 Å². The topological polar surface area (TPSA) is 43.8 Å². The maximum atomic E-state index is 11.8. The molecule has 1 fully saturated rings. The summed E-state index contributed by atoms with van der Waals surface area (Å²) >= 11 is 0. The summed E-state index contributed by atoms with van der Waals surface area (Å²) < 4.78 is 0. The van der Waals surface area contributed by atoms with Crippen molar-refractivity contribution in [3.8, 4) is 0 Å². The van der Waals surface area contributed by atoms with E-state index in [1.807, 2.05) is 32.7 Å². The number of amides is 1. The highest BCUT2D eigenvalue weighted by Gasteiger charge is 2.40. The third-order valence-corrected chi connectivity index (χ3v) is 2.85. The van der Waals surface area contributed by atoms with E-state index in [1.54, 1.807) is 11.9 Å². The molecule has 4 nitrogen and oxygen atoms in total. The van der Waals surface area contributed by atoms with E-state index in [0.29, 0.717) is 13.0 Å². The first-order valence-electron chi connectivity index (χ1n) is 5.53. The number of carbonyl (C=O) groups excluding carboxylic acids is 1. The quantitative estimate of drug-likeness (QED) is 0.746. The molecule has 0 aromatic heterocycles. The van der Waals surface area contributed by atoms with Gasteiger partial charge in [-0.1, -0.05) is 0 Å². The molecular formula is C11H22N2O2. The molecule has 4 heteroatoms. The van der Waals surface area contributed by atoms with Crippen molar-refractivity contribution < 1.29 is 9.90 Å². The molecule has 2 unspecified atom stereocenters. The molecule has 88 valence electrons. The second-order valence-electron chi connectivity index (χ2n) is 5.27. The van der Waals surface area contributed by atoms with E-state index >= 15 is 0 Å². The van der Waals surface area contributed by atoms with Gasteiger partial charge in [0.25, 0.3) is 0 Å². The lowest BCUT2D eigenvalue weighted by Crippen LogP contribution is -2.55. The lowest BCUT2D eigenvalue weighted by Gasteiger charge is -2.42. The molecule has 0 aromatic carbocycles. The number of aliphatic hydroxyl groups excluding tert-OH is 1. The summed E-state index contributed by atoms with van der Waals surface area (Å²) in [5.41, 5.74) is -0.212. The van der Waals surface area contributed by atoms with Crippen LogP contribution in [0.1, 0.15) is 41.0 Å². The molecule has 0 saturated carbocycles. The summed E-state index contributed by atoms with van der Waals surface area (Å²) in [7, 11) is 0. The normalized spacial score (nSPS) is 23.3. The molecule has 0 aliphatic carbocycles. The van der Waals surface area contributed by atoms with Crippen LogP contribution in [0.2, 0.25) is 0 Å². The average molecular weight is 214 g/mol. The van der Waals surface area contributed by atoms with Gasteiger partial charge in [-0.05, 0) is 34.6 Å². The van der Waals surface area contributed by atoms with Crippen LogP contribution >= 0.6 is 0 Å². The summed E-state index contributed by atoms with van der Waals surface area (Å²) in [6.07, 6.45) is 0.120. The van der Waals surface area contributed by atoms with Crippen molar-refractivity contribution in [1.29, 1.82) is 0 Å². The van der Waals surface area contributed by atoms with E-state index in [1.165, 1.54) is 0 Å². The fourth-order valence-electron chi connectivity index (χ4n) is 1.95. The number of hydrogen-bond donors (Lipinski definition) is 1. The van der Waals surface area contributed by atoms with Crippen LogP contribution in [0.5, 0.6) is 0 Å². The van der Waals surface area contributed by atoms with Gasteiger partial charge in [0.2, 0.25) is 5.91 Å². The summed E-state index contributed by atoms with van der Waals surface area (Å²) in [4.78, 5) is 11.8. The van der Waals surface area contributed by atoms with Gasteiger partial charge < -0.3 is 5.11 Å². The van der Waals surface area contributed by atoms with Gasteiger partial charge in [0.1, 0.15) is 0 Å². The van der Waals surface area contributed by atoms with E-state index in [9.17, 15) is 9.90 Å². The maximum Gasteiger partial charge on any atom is 0.238 e. The molecule has 2 atom stereocenters. The van der Waals surface area contributed by atoms with Crippen molar-refractivity contribution >= 4 is 5.91 Å². The van der Waals surface area contributed by atoms with Gasteiger partial charge in [-0.2, -0.15) is 0 Å². The molecule has 1 N–H and O–H groups in total. The Morgan fingerprint density at radius 3 is 2.27 bits per heavy atom.